The number of amides is 1. The number of carbonyl (C=O) groups excluding carboxylic acids is 1. The molecule has 148 valence electrons. The van der Waals surface area contributed by atoms with E-state index in [0.29, 0.717) is 17.0 Å². The molecule has 2 aromatic heterocycles. The topological polar surface area (TPSA) is 76.2 Å². The van der Waals surface area contributed by atoms with Gasteiger partial charge in [0.1, 0.15) is 11.4 Å². The van der Waals surface area contributed by atoms with Gasteiger partial charge in [0.05, 0.1) is 13.2 Å². The molecule has 1 unspecified atom stereocenters. The maximum atomic E-state index is 12.5. The molecule has 1 atom stereocenters. The molecule has 2 heterocycles. The van der Waals surface area contributed by atoms with Gasteiger partial charge in [-0.3, -0.25) is 4.79 Å². The number of fused-ring (bicyclic) bond motifs is 1. The number of nitrogens with one attached hydrogen (secondary N) is 2. The number of benzene rings is 1. The number of ether oxygens (including phenoxy) is 2. The van der Waals surface area contributed by atoms with Crippen molar-refractivity contribution < 1.29 is 27.4 Å². The van der Waals surface area contributed by atoms with Gasteiger partial charge < -0.3 is 19.8 Å². The lowest BCUT2D eigenvalue weighted by molar-refractivity contribution is -0.154. The van der Waals surface area contributed by atoms with E-state index < -0.39 is 18.8 Å². The van der Waals surface area contributed by atoms with Gasteiger partial charge in [-0.15, -0.1) is 0 Å². The molecule has 9 heteroatoms. The molecule has 0 fully saturated rings. The van der Waals surface area contributed by atoms with E-state index in [1.165, 1.54) is 12.3 Å². The summed E-state index contributed by atoms with van der Waals surface area (Å²) in [6.45, 7) is 0.341. The molecule has 0 saturated carbocycles. The van der Waals surface area contributed by atoms with Crippen molar-refractivity contribution >= 4 is 16.8 Å². The first-order valence-corrected chi connectivity index (χ1v) is 8.38. The fraction of sp³-hybridized carbons (Fsp3) is 0.263. The third-order valence-electron chi connectivity index (χ3n) is 4.06. The van der Waals surface area contributed by atoms with Crippen molar-refractivity contribution in [2.75, 3.05) is 13.7 Å². The van der Waals surface area contributed by atoms with Crippen LogP contribution < -0.4 is 14.8 Å². The lowest BCUT2D eigenvalue weighted by Crippen LogP contribution is -2.27. The first-order chi connectivity index (χ1) is 13.2. The molecule has 3 aromatic rings. The Balaban J connectivity index is 1.65. The minimum Gasteiger partial charge on any atom is -0.497 e. The Bertz CT molecular complexity index is 968. The van der Waals surface area contributed by atoms with Crippen LogP contribution in [0.25, 0.3) is 10.9 Å². The average molecular weight is 393 g/mol. The van der Waals surface area contributed by atoms with Crippen LogP contribution in [0.15, 0.2) is 42.6 Å². The van der Waals surface area contributed by atoms with Crippen LogP contribution in [-0.4, -0.2) is 35.8 Å². The summed E-state index contributed by atoms with van der Waals surface area (Å²) in [5, 5.41) is 3.65. The molecule has 0 bridgehead atoms. The zero-order chi connectivity index (χ0) is 20.3. The molecule has 0 spiro atoms. The van der Waals surface area contributed by atoms with E-state index in [-0.39, 0.29) is 11.8 Å². The molecule has 1 amide bonds. The second kappa shape index (κ2) is 7.79. The van der Waals surface area contributed by atoms with Gasteiger partial charge in [-0.2, -0.15) is 13.2 Å². The van der Waals surface area contributed by atoms with E-state index >= 15 is 0 Å². The summed E-state index contributed by atoms with van der Waals surface area (Å²) in [4.78, 5) is 19.4. The third-order valence-corrected chi connectivity index (χ3v) is 4.06. The number of halogens is 3. The normalized spacial score (nSPS) is 12.6. The molecule has 0 aliphatic carbocycles. The van der Waals surface area contributed by atoms with Gasteiger partial charge in [0.25, 0.3) is 5.91 Å². The number of hydrogen-bond donors (Lipinski definition) is 2. The van der Waals surface area contributed by atoms with Crippen LogP contribution in [0.1, 0.15) is 29.0 Å². The van der Waals surface area contributed by atoms with Gasteiger partial charge in [0, 0.05) is 23.2 Å². The van der Waals surface area contributed by atoms with Crippen LogP contribution in [0, 0.1) is 0 Å². The van der Waals surface area contributed by atoms with Gasteiger partial charge in [-0.05, 0) is 36.8 Å². The largest absolute Gasteiger partial charge is 0.497 e. The van der Waals surface area contributed by atoms with Gasteiger partial charge >= 0.3 is 6.18 Å². The summed E-state index contributed by atoms with van der Waals surface area (Å²) < 4.78 is 46.2. The lowest BCUT2D eigenvalue weighted by Gasteiger charge is -2.14. The highest BCUT2D eigenvalue weighted by atomic mass is 19.4. The SMILES string of the molecule is COc1ccc2[nH]c(C(=O)NC(C)c3ccc(OCC(F)(F)F)nc3)cc2c1. The maximum Gasteiger partial charge on any atom is 0.422 e. The van der Waals surface area contributed by atoms with E-state index in [2.05, 4.69) is 20.0 Å². The van der Waals surface area contributed by atoms with Gasteiger partial charge in [0.15, 0.2) is 6.61 Å². The molecule has 1 aromatic carbocycles. The summed E-state index contributed by atoms with van der Waals surface area (Å²) >= 11 is 0. The number of aromatic nitrogens is 2. The van der Waals surface area contributed by atoms with Crippen molar-refractivity contribution in [3.8, 4) is 11.6 Å². The summed E-state index contributed by atoms with van der Waals surface area (Å²) in [5.74, 6) is 0.231. The number of rotatable bonds is 6. The Morgan fingerprint density at radius 2 is 2.04 bits per heavy atom. The highest BCUT2D eigenvalue weighted by molar-refractivity contribution is 5.98. The fourth-order valence-electron chi connectivity index (χ4n) is 2.61. The Kier molecular flexibility index (Phi) is 5.43. The second-order valence-electron chi connectivity index (χ2n) is 6.16. The van der Waals surface area contributed by atoms with Crippen molar-refractivity contribution in [3.05, 3.63) is 53.9 Å². The molecule has 0 radical (unpaired) electrons. The van der Waals surface area contributed by atoms with Gasteiger partial charge in [-0.1, -0.05) is 6.07 Å². The molecule has 0 aliphatic heterocycles. The highest BCUT2D eigenvalue weighted by Crippen LogP contribution is 2.22. The number of hydrogen-bond acceptors (Lipinski definition) is 4. The molecule has 0 aliphatic rings. The summed E-state index contributed by atoms with van der Waals surface area (Å²) in [7, 11) is 1.57. The molecule has 3 rings (SSSR count). The van der Waals surface area contributed by atoms with Crippen LogP contribution in [0.4, 0.5) is 13.2 Å². The van der Waals surface area contributed by atoms with E-state index in [9.17, 15) is 18.0 Å². The van der Waals surface area contributed by atoms with E-state index in [1.54, 1.807) is 32.2 Å². The zero-order valence-electron chi connectivity index (χ0n) is 15.1. The van der Waals surface area contributed by atoms with Crippen molar-refractivity contribution in [2.24, 2.45) is 0 Å². The first-order valence-electron chi connectivity index (χ1n) is 8.38. The Hall–Kier alpha value is -3.23. The molecule has 0 saturated heterocycles. The Morgan fingerprint density at radius 3 is 2.68 bits per heavy atom. The van der Waals surface area contributed by atoms with Crippen LogP contribution in [0.5, 0.6) is 11.6 Å². The van der Waals surface area contributed by atoms with Crippen molar-refractivity contribution in [1.82, 2.24) is 15.3 Å². The fourth-order valence-corrected chi connectivity index (χ4v) is 2.61. The standard InChI is InChI=1S/C19H18F3N3O3/c1-11(12-3-6-17(23-9-12)28-10-19(20,21)22)24-18(26)16-8-13-7-14(27-2)4-5-15(13)25-16/h3-9,11,25H,10H2,1-2H3,(H,24,26). The number of aromatic amines is 1. The summed E-state index contributed by atoms with van der Waals surface area (Å²) in [5.41, 5.74) is 1.81. The predicted octanol–water partition coefficient (Wildman–Crippen LogP) is 4.00. The van der Waals surface area contributed by atoms with E-state index in [1.807, 2.05) is 12.1 Å². The average Bonchev–Trinajstić information content (AvgIpc) is 3.09. The van der Waals surface area contributed by atoms with Crippen molar-refractivity contribution in [1.29, 1.82) is 0 Å². The molecular formula is C19H18F3N3O3. The maximum absolute atomic E-state index is 12.5. The van der Waals surface area contributed by atoms with Crippen molar-refractivity contribution in [3.63, 3.8) is 0 Å². The number of alkyl halides is 3. The molecular weight excluding hydrogens is 375 g/mol. The second-order valence-corrected chi connectivity index (χ2v) is 6.16. The lowest BCUT2D eigenvalue weighted by atomic mass is 10.1. The number of carbonyl (C=O) groups is 1. The number of methoxy groups -OCH3 is 1. The predicted molar refractivity (Wildman–Crippen MR) is 96.5 cm³/mol. The van der Waals surface area contributed by atoms with Crippen LogP contribution in [-0.2, 0) is 0 Å². The summed E-state index contributed by atoms with van der Waals surface area (Å²) in [6, 6.07) is 9.62. The van der Waals surface area contributed by atoms with E-state index in [4.69, 9.17) is 4.74 Å². The monoisotopic (exact) mass is 393 g/mol. The quantitative estimate of drug-likeness (QED) is 0.664. The van der Waals surface area contributed by atoms with Crippen molar-refractivity contribution in [2.45, 2.75) is 19.1 Å². The summed E-state index contributed by atoms with van der Waals surface area (Å²) in [6.07, 6.45) is -3.06. The molecule has 6 nitrogen and oxygen atoms in total. The molecule has 2 N–H and O–H groups in total. The Morgan fingerprint density at radius 1 is 1.25 bits per heavy atom. The number of H-pyrrole nitrogens is 1. The van der Waals surface area contributed by atoms with Gasteiger partial charge in [0.2, 0.25) is 5.88 Å². The third kappa shape index (κ3) is 4.73. The number of pyridine rings is 1. The van der Waals surface area contributed by atoms with Gasteiger partial charge in [-0.25, -0.2) is 4.98 Å². The smallest absolute Gasteiger partial charge is 0.422 e. The first kappa shape index (κ1) is 19.5. The number of nitrogens with zero attached hydrogens (tertiary/aromatic N) is 1. The van der Waals surface area contributed by atoms with Crippen LogP contribution in [0.2, 0.25) is 0 Å². The zero-order valence-corrected chi connectivity index (χ0v) is 15.1. The Labute approximate surface area is 158 Å². The van der Waals surface area contributed by atoms with E-state index in [0.717, 1.165) is 10.9 Å². The minimum atomic E-state index is -4.43. The van der Waals surface area contributed by atoms with Crippen LogP contribution in [0.3, 0.4) is 0 Å². The molecule has 28 heavy (non-hydrogen) atoms. The highest BCUT2D eigenvalue weighted by Gasteiger charge is 2.28. The minimum absolute atomic E-state index is 0.135. The van der Waals surface area contributed by atoms with Crippen LogP contribution >= 0.6 is 0 Å².